The molecule has 0 radical (unpaired) electrons. The van der Waals surface area contributed by atoms with E-state index in [9.17, 15) is 0 Å². The lowest BCUT2D eigenvalue weighted by molar-refractivity contribution is 0.354. The van der Waals surface area contributed by atoms with Crippen LogP contribution in [-0.4, -0.2) is 39.3 Å². The molecule has 0 aromatic heterocycles. The Morgan fingerprint density at radius 1 is 1.27 bits per heavy atom. The average molecular weight is 305 g/mol. The Balaban J connectivity index is 1.91. The van der Waals surface area contributed by atoms with Crippen LogP contribution in [0.4, 0.5) is 0 Å². The maximum atomic E-state index is 5.33. The molecular formula is C17H27N3O2. The molecule has 1 aliphatic carbocycles. The van der Waals surface area contributed by atoms with E-state index in [-0.39, 0.29) is 0 Å². The molecule has 2 atom stereocenters. The first-order chi connectivity index (χ1) is 10.7. The monoisotopic (exact) mass is 305 g/mol. The van der Waals surface area contributed by atoms with Gasteiger partial charge in [0.2, 0.25) is 0 Å². The van der Waals surface area contributed by atoms with Crippen LogP contribution in [0.1, 0.15) is 25.8 Å². The minimum absolute atomic E-state index is 0.582. The molecule has 1 aliphatic rings. The normalized spacial score (nSPS) is 20.5. The number of hydrogen-bond donors (Lipinski definition) is 2. The Morgan fingerprint density at radius 3 is 2.59 bits per heavy atom. The fraction of sp³-hybridized carbons (Fsp3) is 0.588. The molecule has 5 nitrogen and oxygen atoms in total. The number of guanidine groups is 1. The average Bonchev–Trinajstić information content (AvgIpc) is 3.22. The van der Waals surface area contributed by atoms with E-state index in [0.717, 1.165) is 42.9 Å². The minimum atomic E-state index is 0.582. The second kappa shape index (κ2) is 7.92. The van der Waals surface area contributed by atoms with Crippen LogP contribution in [0.25, 0.3) is 0 Å². The van der Waals surface area contributed by atoms with Crippen molar-refractivity contribution in [3.63, 3.8) is 0 Å². The van der Waals surface area contributed by atoms with Crippen molar-refractivity contribution in [2.24, 2.45) is 10.9 Å². The van der Waals surface area contributed by atoms with Crippen molar-refractivity contribution in [2.75, 3.05) is 27.3 Å². The van der Waals surface area contributed by atoms with Crippen molar-refractivity contribution >= 4 is 5.96 Å². The van der Waals surface area contributed by atoms with Crippen LogP contribution in [0.5, 0.6) is 11.5 Å². The van der Waals surface area contributed by atoms with E-state index in [2.05, 4.69) is 35.5 Å². The van der Waals surface area contributed by atoms with Crippen molar-refractivity contribution in [3.8, 4) is 11.5 Å². The number of methoxy groups -OCH3 is 2. The van der Waals surface area contributed by atoms with Crippen LogP contribution < -0.4 is 20.1 Å². The van der Waals surface area contributed by atoms with Crippen LogP contribution >= 0.6 is 0 Å². The number of aliphatic imine (C=N–C) groups is 1. The molecule has 1 aromatic carbocycles. The van der Waals surface area contributed by atoms with Crippen LogP contribution in [0, 0.1) is 5.92 Å². The summed E-state index contributed by atoms with van der Waals surface area (Å²) >= 11 is 0. The van der Waals surface area contributed by atoms with Gasteiger partial charge in [-0.05, 0) is 43.4 Å². The highest BCUT2D eigenvalue weighted by Crippen LogP contribution is 2.29. The van der Waals surface area contributed by atoms with Crippen LogP contribution in [-0.2, 0) is 6.42 Å². The molecule has 0 amide bonds. The van der Waals surface area contributed by atoms with E-state index in [0.29, 0.717) is 6.04 Å². The molecule has 0 spiro atoms. The number of hydrogen-bond acceptors (Lipinski definition) is 3. The molecule has 1 aromatic rings. The van der Waals surface area contributed by atoms with Crippen molar-refractivity contribution in [2.45, 2.75) is 32.7 Å². The van der Waals surface area contributed by atoms with Gasteiger partial charge in [0, 0.05) is 19.1 Å². The number of benzene rings is 1. The highest BCUT2D eigenvalue weighted by molar-refractivity contribution is 5.80. The number of ether oxygens (including phenoxy) is 2. The molecule has 2 N–H and O–H groups in total. The SMILES string of the molecule is CCNC(=NCCc1ccc(OC)c(OC)c1)NC1CC1C. The third kappa shape index (κ3) is 4.55. The predicted octanol–water partition coefficient (Wildman–Crippen LogP) is 2.21. The summed E-state index contributed by atoms with van der Waals surface area (Å²) in [7, 11) is 3.30. The lowest BCUT2D eigenvalue weighted by Gasteiger charge is -2.11. The van der Waals surface area contributed by atoms with Crippen molar-refractivity contribution in [1.82, 2.24) is 10.6 Å². The molecule has 122 valence electrons. The Labute approximate surface area is 133 Å². The van der Waals surface area contributed by atoms with Gasteiger partial charge < -0.3 is 20.1 Å². The topological polar surface area (TPSA) is 54.9 Å². The predicted molar refractivity (Wildman–Crippen MR) is 89.9 cm³/mol. The third-order valence-electron chi connectivity index (χ3n) is 3.89. The van der Waals surface area contributed by atoms with Gasteiger partial charge in [0.1, 0.15) is 0 Å². The number of nitrogens with zero attached hydrogens (tertiary/aromatic N) is 1. The molecule has 2 rings (SSSR count). The molecule has 0 saturated heterocycles. The molecule has 0 heterocycles. The fourth-order valence-electron chi connectivity index (χ4n) is 2.35. The molecule has 0 bridgehead atoms. The first-order valence-corrected chi connectivity index (χ1v) is 7.93. The summed E-state index contributed by atoms with van der Waals surface area (Å²) in [6.07, 6.45) is 2.11. The van der Waals surface area contributed by atoms with E-state index in [1.54, 1.807) is 14.2 Å². The van der Waals surface area contributed by atoms with E-state index in [1.807, 2.05) is 12.1 Å². The molecule has 1 fully saturated rings. The van der Waals surface area contributed by atoms with Crippen LogP contribution in [0.15, 0.2) is 23.2 Å². The van der Waals surface area contributed by atoms with E-state index in [1.165, 1.54) is 12.0 Å². The van der Waals surface area contributed by atoms with Crippen molar-refractivity contribution in [3.05, 3.63) is 23.8 Å². The molecule has 0 aliphatic heterocycles. The second-order valence-corrected chi connectivity index (χ2v) is 5.66. The Morgan fingerprint density at radius 2 is 2.00 bits per heavy atom. The summed E-state index contributed by atoms with van der Waals surface area (Å²) in [5.41, 5.74) is 1.19. The molecule has 1 saturated carbocycles. The second-order valence-electron chi connectivity index (χ2n) is 5.66. The Bertz CT molecular complexity index is 517. The Hall–Kier alpha value is -1.91. The fourth-order valence-corrected chi connectivity index (χ4v) is 2.35. The van der Waals surface area contributed by atoms with E-state index >= 15 is 0 Å². The molecule has 5 heteroatoms. The van der Waals surface area contributed by atoms with Gasteiger partial charge in [0.15, 0.2) is 17.5 Å². The molecular weight excluding hydrogens is 278 g/mol. The largest absolute Gasteiger partial charge is 0.493 e. The van der Waals surface area contributed by atoms with Gasteiger partial charge in [-0.2, -0.15) is 0 Å². The first kappa shape index (κ1) is 16.5. The summed E-state index contributed by atoms with van der Waals surface area (Å²) in [4.78, 5) is 4.64. The number of rotatable bonds is 7. The first-order valence-electron chi connectivity index (χ1n) is 7.93. The standard InChI is InChI=1S/C17H27N3O2/c1-5-18-17(20-14-10-12(14)2)19-9-8-13-6-7-15(21-3)16(11-13)22-4/h6-7,11-12,14H,5,8-10H2,1-4H3,(H2,18,19,20). The van der Waals surface area contributed by atoms with E-state index < -0.39 is 0 Å². The Kier molecular flexibility index (Phi) is 5.92. The van der Waals surface area contributed by atoms with Gasteiger partial charge >= 0.3 is 0 Å². The van der Waals surface area contributed by atoms with Crippen molar-refractivity contribution < 1.29 is 9.47 Å². The maximum absolute atomic E-state index is 5.33. The number of nitrogens with one attached hydrogen (secondary N) is 2. The zero-order chi connectivity index (χ0) is 15.9. The lowest BCUT2D eigenvalue weighted by atomic mass is 10.1. The highest BCUT2D eigenvalue weighted by Gasteiger charge is 2.33. The van der Waals surface area contributed by atoms with Gasteiger partial charge in [-0.3, -0.25) is 4.99 Å². The van der Waals surface area contributed by atoms with E-state index in [4.69, 9.17) is 9.47 Å². The van der Waals surface area contributed by atoms with Gasteiger partial charge in [0.25, 0.3) is 0 Å². The summed E-state index contributed by atoms with van der Waals surface area (Å²) in [5, 5.41) is 6.76. The summed E-state index contributed by atoms with van der Waals surface area (Å²) in [6.45, 7) is 5.96. The third-order valence-corrected chi connectivity index (χ3v) is 3.89. The summed E-state index contributed by atoms with van der Waals surface area (Å²) in [6, 6.07) is 6.59. The quantitative estimate of drug-likeness (QED) is 0.599. The van der Waals surface area contributed by atoms with Crippen LogP contribution in [0.3, 0.4) is 0 Å². The maximum Gasteiger partial charge on any atom is 0.191 e. The lowest BCUT2D eigenvalue weighted by Crippen LogP contribution is -2.39. The minimum Gasteiger partial charge on any atom is -0.493 e. The van der Waals surface area contributed by atoms with Gasteiger partial charge in [0.05, 0.1) is 14.2 Å². The summed E-state index contributed by atoms with van der Waals surface area (Å²) < 4.78 is 10.6. The van der Waals surface area contributed by atoms with Gasteiger partial charge in [-0.1, -0.05) is 13.0 Å². The van der Waals surface area contributed by atoms with Gasteiger partial charge in [-0.25, -0.2) is 0 Å². The highest BCUT2D eigenvalue weighted by atomic mass is 16.5. The zero-order valence-electron chi connectivity index (χ0n) is 14.0. The molecule has 2 unspecified atom stereocenters. The zero-order valence-corrected chi connectivity index (χ0v) is 14.0. The summed E-state index contributed by atoms with van der Waals surface area (Å²) in [5.74, 6) is 3.19. The van der Waals surface area contributed by atoms with Crippen LogP contribution in [0.2, 0.25) is 0 Å². The van der Waals surface area contributed by atoms with Crippen molar-refractivity contribution in [1.29, 1.82) is 0 Å². The smallest absolute Gasteiger partial charge is 0.191 e. The molecule has 22 heavy (non-hydrogen) atoms. The van der Waals surface area contributed by atoms with Gasteiger partial charge in [-0.15, -0.1) is 0 Å².